The van der Waals surface area contributed by atoms with Crippen LogP contribution in [0.15, 0.2) is 47.5 Å². The Morgan fingerprint density at radius 3 is 2.28 bits per heavy atom. The normalized spacial score (nSPS) is 23.1. The molecule has 0 amide bonds. The second-order valence-corrected chi connectivity index (χ2v) is 17.9. The Kier molecular flexibility index (Phi) is 8.23. The molecular formula is C23H29Cl2NOSiZr. The average Bonchev–Trinajstić information content (AvgIpc) is 3.31. The zero-order valence-electron chi connectivity index (χ0n) is 17.3. The molecule has 2 aromatic carbocycles. The molecule has 2 aliphatic carbocycles. The predicted molar refractivity (Wildman–Crippen MR) is 125 cm³/mol. The SMILES string of the molecule is C[Si](C)(C)c1cc(-c2ccccc2)cc(C=NC2CC3CCC2C3)c1O.[Cl][Zr][Cl]. The van der Waals surface area contributed by atoms with E-state index in [0.29, 0.717) is 11.8 Å². The average molecular weight is 526 g/mol. The van der Waals surface area contributed by atoms with Gasteiger partial charge >= 0.3 is 37.9 Å². The fourth-order valence-corrected chi connectivity index (χ4v) is 6.14. The maximum absolute atomic E-state index is 10.9. The van der Waals surface area contributed by atoms with Gasteiger partial charge < -0.3 is 5.11 Å². The molecule has 0 aromatic heterocycles. The van der Waals surface area contributed by atoms with Crippen LogP contribution in [0.2, 0.25) is 19.6 Å². The number of aromatic hydroxyl groups is 1. The summed E-state index contributed by atoms with van der Waals surface area (Å²) in [5.41, 5.74) is 3.25. The quantitative estimate of drug-likeness (QED) is 0.355. The summed E-state index contributed by atoms with van der Waals surface area (Å²) in [6.45, 7) is 6.86. The summed E-state index contributed by atoms with van der Waals surface area (Å²) in [6, 6.07) is 15.2. The first-order chi connectivity index (χ1) is 13.8. The number of halogens is 2. The number of nitrogens with zero attached hydrogens (tertiary/aromatic N) is 1. The Bertz CT molecular complexity index is 854. The number of rotatable bonds is 4. The van der Waals surface area contributed by atoms with Crippen LogP contribution in [0.3, 0.4) is 0 Å². The molecule has 0 aliphatic heterocycles. The summed E-state index contributed by atoms with van der Waals surface area (Å²) >= 11 is -0.826. The van der Waals surface area contributed by atoms with Gasteiger partial charge in [0.2, 0.25) is 0 Å². The van der Waals surface area contributed by atoms with Gasteiger partial charge in [0, 0.05) is 11.8 Å². The Morgan fingerprint density at radius 1 is 1.03 bits per heavy atom. The van der Waals surface area contributed by atoms with Crippen LogP contribution < -0.4 is 5.19 Å². The molecule has 6 heteroatoms. The fraction of sp³-hybridized carbons (Fsp3) is 0.435. The molecule has 2 fully saturated rings. The predicted octanol–water partition coefficient (Wildman–Crippen LogP) is 6.59. The molecule has 0 radical (unpaired) electrons. The van der Waals surface area contributed by atoms with Gasteiger partial charge in [0.05, 0.1) is 14.1 Å². The van der Waals surface area contributed by atoms with Gasteiger partial charge in [-0.3, -0.25) is 4.99 Å². The zero-order chi connectivity index (χ0) is 21.0. The first-order valence-electron chi connectivity index (χ1n) is 10.3. The second kappa shape index (κ2) is 10.3. The third kappa shape index (κ3) is 5.85. The molecule has 2 saturated carbocycles. The number of hydrogen-bond donors (Lipinski definition) is 1. The number of benzene rings is 2. The van der Waals surface area contributed by atoms with Crippen molar-refractivity contribution in [2.75, 3.05) is 0 Å². The van der Waals surface area contributed by atoms with Crippen LogP contribution >= 0.6 is 17.0 Å². The summed E-state index contributed by atoms with van der Waals surface area (Å²) in [5, 5.41) is 12.1. The van der Waals surface area contributed by atoms with Crippen molar-refractivity contribution in [3.63, 3.8) is 0 Å². The van der Waals surface area contributed by atoms with Crippen molar-refractivity contribution in [3.8, 4) is 16.9 Å². The van der Waals surface area contributed by atoms with E-state index in [4.69, 9.17) is 22.0 Å². The van der Waals surface area contributed by atoms with Gasteiger partial charge in [-0.25, -0.2) is 0 Å². The van der Waals surface area contributed by atoms with Crippen LogP contribution in [0, 0.1) is 11.8 Å². The number of aliphatic imine (C=N–C) groups is 1. The molecule has 29 heavy (non-hydrogen) atoms. The Morgan fingerprint density at radius 2 is 1.72 bits per heavy atom. The van der Waals surface area contributed by atoms with Gasteiger partial charge in [0.1, 0.15) is 5.75 Å². The van der Waals surface area contributed by atoms with Gasteiger partial charge in [-0.15, -0.1) is 0 Å². The van der Waals surface area contributed by atoms with Crippen molar-refractivity contribution in [1.29, 1.82) is 0 Å². The molecule has 154 valence electrons. The van der Waals surface area contributed by atoms with Crippen LogP contribution in [-0.4, -0.2) is 25.4 Å². The van der Waals surface area contributed by atoms with Crippen molar-refractivity contribution in [2.45, 2.75) is 51.4 Å². The van der Waals surface area contributed by atoms with E-state index in [0.717, 1.165) is 22.6 Å². The molecule has 2 nitrogen and oxygen atoms in total. The van der Waals surface area contributed by atoms with Gasteiger partial charge in [0.15, 0.2) is 0 Å². The Labute approximate surface area is 194 Å². The number of phenols is 1. The minimum atomic E-state index is -1.66. The third-order valence-corrected chi connectivity index (χ3v) is 8.16. The van der Waals surface area contributed by atoms with E-state index in [1.807, 2.05) is 12.3 Å². The minimum absolute atomic E-state index is 0.441. The van der Waals surface area contributed by atoms with Crippen molar-refractivity contribution in [3.05, 3.63) is 48.0 Å². The van der Waals surface area contributed by atoms with Crippen molar-refractivity contribution < 1.29 is 26.0 Å². The van der Waals surface area contributed by atoms with Crippen LogP contribution in [0.5, 0.6) is 5.75 Å². The molecule has 2 aliphatic rings. The van der Waals surface area contributed by atoms with Crippen molar-refractivity contribution in [2.24, 2.45) is 16.8 Å². The standard InChI is InChI=1S/C23H29NOSi.2ClH.Zr/c1-26(2,3)22-14-19(17-7-5-4-6-8-17)13-20(23(22)25)15-24-21-12-16-9-10-18(21)11-16;;;/h4-8,13-16,18,21,25H,9-12H2,1-3H3;2*1H;/q;;;+2/p-2. The summed E-state index contributed by atoms with van der Waals surface area (Å²) in [5.74, 6) is 2.10. The van der Waals surface area contributed by atoms with Crippen molar-refractivity contribution in [1.82, 2.24) is 0 Å². The zero-order valence-corrected chi connectivity index (χ0v) is 22.3. The van der Waals surface area contributed by atoms with Crippen LogP contribution in [0.25, 0.3) is 11.1 Å². The van der Waals surface area contributed by atoms with E-state index in [1.165, 1.54) is 36.8 Å². The van der Waals surface area contributed by atoms with E-state index in [9.17, 15) is 5.11 Å². The maximum atomic E-state index is 10.9. The molecule has 0 spiro atoms. The molecule has 3 unspecified atom stereocenters. The Hall–Kier alpha value is -0.410. The number of phenolic OH excluding ortho intramolecular Hbond substituents is 1. The molecule has 1 N–H and O–H groups in total. The van der Waals surface area contributed by atoms with E-state index in [1.54, 1.807) is 0 Å². The summed E-state index contributed by atoms with van der Waals surface area (Å²) in [6.07, 6.45) is 7.28. The number of fused-ring (bicyclic) bond motifs is 2. The summed E-state index contributed by atoms with van der Waals surface area (Å²) in [7, 11) is 8.21. The molecule has 3 atom stereocenters. The van der Waals surface area contributed by atoms with Crippen molar-refractivity contribution >= 4 is 36.5 Å². The van der Waals surface area contributed by atoms with Gasteiger partial charge in [0.25, 0.3) is 0 Å². The van der Waals surface area contributed by atoms with Gasteiger partial charge in [-0.2, -0.15) is 0 Å². The van der Waals surface area contributed by atoms with Crippen LogP contribution in [0.4, 0.5) is 0 Å². The van der Waals surface area contributed by atoms with E-state index in [2.05, 4.69) is 56.0 Å². The molecule has 0 saturated heterocycles. The molecule has 2 bridgehead atoms. The second-order valence-electron chi connectivity index (χ2n) is 9.17. The molecule has 4 rings (SSSR count). The summed E-state index contributed by atoms with van der Waals surface area (Å²) < 4.78 is 0. The molecular weight excluding hydrogens is 496 g/mol. The van der Waals surface area contributed by atoms with E-state index in [-0.39, 0.29) is 0 Å². The van der Waals surface area contributed by atoms with E-state index < -0.39 is 28.9 Å². The monoisotopic (exact) mass is 523 g/mol. The first kappa shape index (κ1) is 23.3. The number of hydrogen-bond acceptors (Lipinski definition) is 2. The molecule has 2 aromatic rings. The van der Waals surface area contributed by atoms with E-state index >= 15 is 0 Å². The molecule has 0 heterocycles. The summed E-state index contributed by atoms with van der Waals surface area (Å²) in [4.78, 5) is 4.93. The van der Waals surface area contributed by atoms with Crippen LogP contribution in [-0.2, 0) is 20.8 Å². The first-order valence-corrected chi connectivity index (χ1v) is 20.1. The van der Waals surface area contributed by atoms with Gasteiger partial charge in [-0.05, 0) is 53.5 Å². The Balaban J connectivity index is 0.000000755. The fourth-order valence-electron chi connectivity index (χ4n) is 4.69. The third-order valence-electron chi connectivity index (χ3n) is 6.16. The van der Waals surface area contributed by atoms with Crippen LogP contribution in [0.1, 0.15) is 31.2 Å². The topological polar surface area (TPSA) is 32.6 Å². The van der Waals surface area contributed by atoms with Gasteiger partial charge in [-0.1, -0.05) is 62.5 Å².